The van der Waals surface area contributed by atoms with Gasteiger partial charge in [-0.05, 0) is 38.1 Å². The summed E-state index contributed by atoms with van der Waals surface area (Å²) in [5, 5.41) is 3.35. The van der Waals surface area contributed by atoms with E-state index in [0.29, 0.717) is 9.94 Å². The Morgan fingerprint density at radius 2 is 1.67 bits per heavy atom. The molecule has 108 valence electrons. The van der Waals surface area contributed by atoms with E-state index in [-0.39, 0.29) is 5.91 Å². The molecule has 0 unspecified atom stereocenters. The van der Waals surface area contributed by atoms with Crippen molar-refractivity contribution in [1.82, 2.24) is 0 Å². The molecule has 0 saturated carbocycles. The maximum atomic E-state index is 12.4. The van der Waals surface area contributed by atoms with E-state index in [2.05, 4.69) is 5.32 Å². The van der Waals surface area contributed by atoms with Gasteiger partial charge in [-0.25, -0.2) is 0 Å². The molecule has 0 aliphatic carbocycles. The Kier molecular flexibility index (Phi) is 5.48. The second kappa shape index (κ2) is 7.34. The van der Waals surface area contributed by atoms with Crippen LogP contribution in [0.2, 0.25) is 0 Å². The van der Waals surface area contributed by atoms with Gasteiger partial charge in [0.05, 0.1) is 4.91 Å². The quantitative estimate of drug-likeness (QED) is 0.620. The Morgan fingerprint density at radius 1 is 1.05 bits per heavy atom. The number of amides is 1. The molecule has 0 atom stereocenters. The fourth-order valence-corrected chi connectivity index (χ4v) is 2.72. The summed E-state index contributed by atoms with van der Waals surface area (Å²) in [4.78, 5) is 13.9. The number of benzene rings is 2. The highest BCUT2D eigenvalue weighted by Gasteiger charge is 2.14. The van der Waals surface area contributed by atoms with Crippen molar-refractivity contribution in [2.75, 3.05) is 5.32 Å². The number of carbonyl (C=O) groups excluding carboxylic acids is 1. The van der Waals surface area contributed by atoms with Gasteiger partial charge >= 0.3 is 0 Å². The van der Waals surface area contributed by atoms with Gasteiger partial charge in [-0.1, -0.05) is 59.3 Å². The Labute approximate surface area is 134 Å². The summed E-state index contributed by atoms with van der Waals surface area (Å²) in [5.41, 5.74) is 1.91. The largest absolute Gasteiger partial charge is 0.322 e. The van der Waals surface area contributed by atoms with Gasteiger partial charge in [0.25, 0.3) is 5.91 Å². The first kappa shape index (κ1) is 15.7. The van der Waals surface area contributed by atoms with Crippen molar-refractivity contribution >= 4 is 35.0 Å². The normalized spacial score (nSPS) is 11.8. The van der Waals surface area contributed by atoms with Crippen molar-refractivity contribution in [3.63, 3.8) is 0 Å². The SMILES string of the molecule is C/C(Cl)=C(/Sc1ccccc1)C(=O)Nc1ccc(C)cc1. The van der Waals surface area contributed by atoms with Gasteiger partial charge in [0, 0.05) is 15.6 Å². The lowest BCUT2D eigenvalue weighted by Crippen LogP contribution is -2.13. The average molecular weight is 318 g/mol. The zero-order valence-corrected chi connectivity index (χ0v) is 13.5. The number of anilines is 1. The van der Waals surface area contributed by atoms with Crippen molar-refractivity contribution in [3.05, 3.63) is 70.1 Å². The van der Waals surface area contributed by atoms with Gasteiger partial charge in [-0.3, -0.25) is 4.79 Å². The van der Waals surface area contributed by atoms with Crippen LogP contribution in [0.1, 0.15) is 12.5 Å². The molecule has 2 rings (SSSR count). The number of thioether (sulfide) groups is 1. The van der Waals surface area contributed by atoms with Crippen LogP contribution in [0, 0.1) is 6.92 Å². The Bertz CT molecular complexity index is 646. The molecule has 2 aromatic carbocycles. The molecule has 0 aliphatic heterocycles. The van der Waals surface area contributed by atoms with E-state index < -0.39 is 0 Å². The molecule has 1 N–H and O–H groups in total. The number of nitrogens with one attached hydrogen (secondary N) is 1. The molecule has 4 heteroatoms. The van der Waals surface area contributed by atoms with Gasteiger partial charge in [0.1, 0.15) is 0 Å². The number of halogens is 1. The molecular formula is C17H16ClNOS. The van der Waals surface area contributed by atoms with E-state index in [1.807, 2.05) is 61.5 Å². The summed E-state index contributed by atoms with van der Waals surface area (Å²) in [6, 6.07) is 17.4. The number of allylic oxidation sites excluding steroid dienone is 1. The van der Waals surface area contributed by atoms with E-state index in [1.54, 1.807) is 6.92 Å². The van der Waals surface area contributed by atoms with Crippen molar-refractivity contribution < 1.29 is 4.79 Å². The molecule has 2 nitrogen and oxygen atoms in total. The Hall–Kier alpha value is -1.71. The summed E-state index contributed by atoms with van der Waals surface area (Å²) in [7, 11) is 0. The first-order chi connectivity index (χ1) is 10.1. The fourth-order valence-electron chi connectivity index (χ4n) is 1.70. The van der Waals surface area contributed by atoms with Crippen LogP contribution in [0.4, 0.5) is 5.69 Å². The maximum absolute atomic E-state index is 12.4. The second-order valence-corrected chi connectivity index (χ2v) is 6.25. The van der Waals surface area contributed by atoms with Crippen molar-refractivity contribution in [2.24, 2.45) is 0 Å². The van der Waals surface area contributed by atoms with Crippen LogP contribution in [-0.4, -0.2) is 5.91 Å². The van der Waals surface area contributed by atoms with E-state index in [0.717, 1.165) is 16.1 Å². The van der Waals surface area contributed by atoms with Crippen molar-refractivity contribution in [2.45, 2.75) is 18.7 Å². The standard InChI is InChI=1S/C17H16ClNOS/c1-12-8-10-14(11-9-12)19-17(20)16(13(2)18)21-15-6-4-3-5-7-15/h3-11H,1-2H3,(H,19,20)/b16-13-. The molecule has 0 spiro atoms. The minimum Gasteiger partial charge on any atom is -0.322 e. The summed E-state index contributed by atoms with van der Waals surface area (Å²) in [6.07, 6.45) is 0. The summed E-state index contributed by atoms with van der Waals surface area (Å²) in [6.45, 7) is 3.73. The summed E-state index contributed by atoms with van der Waals surface area (Å²) in [5.74, 6) is -0.194. The number of rotatable bonds is 4. The smallest absolute Gasteiger partial charge is 0.263 e. The summed E-state index contributed by atoms with van der Waals surface area (Å²) >= 11 is 7.44. The van der Waals surface area contributed by atoms with Gasteiger partial charge in [-0.15, -0.1) is 0 Å². The predicted molar refractivity (Wildman–Crippen MR) is 90.7 cm³/mol. The number of carbonyl (C=O) groups is 1. The van der Waals surface area contributed by atoms with E-state index in [1.165, 1.54) is 11.8 Å². The summed E-state index contributed by atoms with van der Waals surface area (Å²) < 4.78 is 0. The van der Waals surface area contributed by atoms with Gasteiger partial charge in [-0.2, -0.15) is 0 Å². The lowest BCUT2D eigenvalue weighted by Gasteiger charge is -2.10. The lowest BCUT2D eigenvalue weighted by molar-refractivity contribution is -0.112. The van der Waals surface area contributed by atoms with Crippen LogP contribution in [0.25, 0.3) is 0 Å². The highest BCUT2D eigenvalue weighted by molar-refractivity contribution is 8.04. The third kappa shape index (κ3) is 4.66. The number of hydrogen-bond acceptors (Lipinski definition) is 2. The molecule has 0 fully saturated rings. The highest BCUT2D eigenvalue weighted by atomic mass is 35.5. The molecular weight excluding hydrogens is 302 g/mol. The second-order valence-electron chi connectivity index (χ2n) is 4.60. The van der Waals surface area contributed by atoms with Crippen LogP contribution in [0.15, 0.2) is 69.4 Å². The lowest BCUT2D eigenvalue weighted by atomic mass is 10.2. The zero-order valence-electron chi connectivity index (χ0n) is 11.9. The van der Waals surface area contributed by atoms with Crippen LogP contribution in [0.3, 0.4) is 0 Å². The topological polar surface area (TPSA) is 29.1 Å². The number of aryl methyl sites for hydroxylation is 1. The van der Waals surface area contributed by atoms with Crippen LogP contribution < -0.4 is 5.32 Å². The molecule has 0 heterocycles. The Morgan fingerprint density at radius 3 is 2.24 bits per heavy atom. The minimum atomic E-state index is -0.194. The van der Waals surface area contributed by atoms with Gasteiger partial charge < -0.3 is 5.32 Å². The Balaban J connectivity index is 2.14. The first-order valence-electron chi connectivity index (χ1n) is 6.53. The average Bonchev–Trinajstić information content (AvgIpc) is 2.48. The zero-order chi connectivity index (χ0) is 15.2. The molecule has 0 bridgehead atoms. The fraction of sp³-hybridized carbons (Fsp3) is 0.118. The maximum Gasteiger partial charge on any atom is 0.263 e. The monoisotopic (exact) mass is 317 g/mol. The van der Waals surface area contributed by atoms with Gasteiger partial charge in [0.15, 0.2) is 0 Å². The van der Waals surface area contributed by atoms with Crippen molar-refractivity contribution in [3.8, 4) is 0 Å². The third-order valence-corrected chi connectivity index (χ3v) is 4.30. The van der Waals surface area contributed by atoms with Crippen LogP contribution >= 0.6 is 23.4 Å². The predicted octanol–water partition coefficient (Wildman–Crippen LogP) is 5.20. The van der Waals surface area contributed by atoms with E-state index >= 15 is 0 Å². The molecule has 0 aromatic heterocycles. The molecule has 0 radical (unpaired) electrons. The highest BCUT2D eigenvalue weighted by Crippen LogP contribution is 2.31. The van der Waals surface area contributed by atoms with Gasteiger partial charge in [0.2, 0.25) is 0 Å². The molecule has 1 amide bonds. The van der Waals surface area contributed by atoms with Crippen molar-refractivity contribution in [1.29, 1.82) is 0 Å². The molecule has 2 aromatic rings. The molecule has 0 saturated heterocycles. The van der Waals surface area contributed by atoms with Crippen LogP contribution in [0.5, 0.6) is 0 Å². The molecule has 21 heavy (non-hydrogen) atoms. The minimum absolute atomic E-state index is 0.194. The first-order valence-corrected chi connectivity index (χ1v) is 7.73. The van der Waals surface area contributed by atoms with Crippen LogP contribution in [-0.2, 0) is 4.79 Å². The van der Waals surface area contributed by atoms with E-state index in [9.17, 15) is 4.79 Å². The number of hydrogen-bond donors (Lipinski definition) is 1. The van der Waals surface area contributed by atoms with E-state index in [4.69, 9.17) is 11.6 Å². The third-order valence-electron chi connectivity index (χ3n) is 2.79. The molecule has 0 aliphatic rings.